The third-order valence-electron chi connectivity index (χ3n) is 2.94. The van der Waals surface area contributed by atoms with Crippen LogP contribution in [0.3, 0.4) is 0 Å². The molecule has 1 aromatic rings. The van der Waals surface area contributed by atoms with Crippen molar-refractivity contribution in [2.75, 3.05) is 5.32 Å². The lowest BCUT2D eigenvalue weighted by molar-refractivity contribution is -0.126. The Kier molecular flexibility index (Phi) is 2.61. The third-order valence-corrected chi connectivity index (χ3v) is 2.94. The van der Waals surface area contributed by atoms with Crippen LogP contribution in [0, 0.1) is 22.6 Å². The summed E-state index contributed by atoms with van der Waals surface area (Å²) < 4.78 is 12.9. The van der Waals surface area contributed by atoms with Crippen molar-refractivity contribution in [1.29, 1.82) is 5.26 Å². The minimum absolute atomic E-state index is 0.327. The number of benzene rings is 1. The first-order valence-corrected chi connectivity index (χ1v) is 5.15. The van der Waals surface area contributed by atoms with E-state index in [9.17, 15) is 9.18 Å². The van der Waals surface area contributed by atoms with E-state index in [0.29, 0.717) is 18.5 Å². The molecule has 82 valence electrons. The number of nitriles is 1. The van der Waals surface area contributed by atoms with Crippen LogP contribution in [0.2, 0.25) is 0 Å². The number of nitrogens with zero attached hydrogens (tertiary/aromatic N) is 1. The molecule has 1 N–H and O–H groups in total. The fourth-order valence-electron chi connectivity index (χ4n) is 1.74. The van der Waals surface area contributed by atoms with Crippen LogP contribution in [0.1, 0.15) is 19.3 Å². The van der Waals surface area contributed by atoms with E-state index in [4.69, 9.17) is 5.26 Å². The van der Waals surface area contributed by atoms with Gasteiger partial charge in [0, 0.05) is 5.69 Å². The van der Waals surface area contributed by atoms with Crippen molar-refractivity contribution in [2.45, 2.75) is 19.3 Å². The summed E-state index contributed by atoms with van der Waals surface area (Å²) in [5.41, 5.74) is -0.502. The molecule has 16 heavy (non-hydrogen) atoms. The highest BCUT2D eigenvalue weighted by molar-refractivity contribution is 5.97. The number of hydrogen-bond donors (Lipinski definition) is 1. The van der Waals surface area contributed by atoms with E-state index < -0.39 is 11.2 Å². The van der Waals surface area contributed by atoms with Crippen molar-refractivity contribution in [3.05, 3.63) is 30.1 Å². The molecule has 0 atom stereocenters. The number of carbonyl (C=O) groups excluding carboxylic acids is 1. The molecule has 4 heteroatoms. The smallest absolute Gasteiger partial charge is 0.244 e. The molecule has 0 spiro atoms. The highest BCUT2D eigenvalue weighted by Crippen LogP contribution is 2.41. The largest absolute Gasteiger partial charge is 0.325 e. The number of hydrogen-bond acceptors (Lipinski definition) is 2. The second-order valence-corrected chi connectivity index (χ2v) is 4.01. The molecule has 0 aromatic heterocycles. The predicted octanol–water partition coefficient (Wildman–Crippen LogP) is 2.46. The number of halogens is 1. The maximum Gasteiger partial charge on any atom is 0.244 e. The Bertz CT molecular complexity index is 460. The summed E-state index contributed by atoms with van der Waals surface area (Å²) in [6, 6.07) is 7.71. The second-order valence-electron chi connectivity index (χ2n) is 4.01. The molecule has 0 saturated heterocycles. The van der Waals surface area contributed by atoms with Gasteiger partial charge >= 0.3 is 0 Å². The lowest BCUT2D eigenvalue weighted by atomic mass is 9.69. The van der Waals surface area contributed by atoms with Crippen LogP contribution < -0.4 is 5.32 Å². The molecule has 1 aliphatic rings. The number of anilines is 1. The first kappa shape index (κ1) is 10.6. The Balaban J connectivity index is 2.11. The fraction of sp³-hybridized carbons (Fsp3) is 0.333. The molecule has 0 radical (unpaired) electrons. The number of nitrogens with one attached hydrogen (secondary N) is 1. The first-order valence-electron chi connectivity index (χ1n) is 5.15. The van der Waals surface area contributed by atoms with Gasteiger partial charge in [0.25, 0.3) is 0 Å². The zero-order valence-corrected chi connectivity index (χ0v) is 8.66. The summed E-state index contributed by atoms with van der Waals surface area (Å²) in [7, 11) is 0. The summed E-state index contributed by atoms with van der Waals surface area (Å²) in [6.07, 6.45) is 2.07. The standard InChI is InChI=1S/C12H11FN2O/c13-9-3-1-4-10(7-9)15-11(16)12(8-14)5-2-6-12/h1,3-4,7H,2,5-6H2,(H,15,16). The predicted molar refractivity (Wildman–Crippen MR) is 56.9 cm³/mol. The lowest BCUT2D eigenvalue weighted by Gasteiger charge is -2.33. The minimum Gasteiger partial charge on any atom is -0.325 e. The lowest BCUT2D eigenvalue weighted by Crippen LogP contribution is -2.40. The van der Waals surface area contributed by atoms with E-state index in [1.165, 1.54) is 18.2 Å². The molecule has 1 aromatic carbocycles. The van der Waals surface area contributed by atoms with Gasteiger partial charge in [0.15, 0.2) is 0 Å². The van der Waals surface area contributed by atoms with E-state index in [1.807, 2.05) is 6.07 Å². The topological polar surface area (TPSA) is 52.9 Å². The SMILES string of the molecule is N#CC1(C(=O)Nc2cccc(F)c2)CCC1. The average Bonchev–Trinajstić information content (AvgIpc) is 2.16. The van der Waals surface area contributed by atoms with E-state index >= 15 is 0 Å². The monoisotopic (exact) mass is 218 g/mol. The van der Waals surface area contributed by atoms with E-state index in [-0.39, 0.29) is 5.91 Å². The van der Waals surface area contributed by atoms with Crippen molar-refractivity contribution in [2.24, 2.45) is 5.41 Å². The molecule has 1 saturated carbocycles. The molecular weight excluding hydrogens is 207 g/mol. The number of carbonyl (C=O) groups is 1. The zero-order chi connectivity index (χ0) is 11.6. The Morgan fingerprint density at radius 2 is 2.25 bits per heavy atom. The van der Waals surface area contributed by atoms with Crippen LogP contribution in [0.4, 0.5) is 10.1 Å². The van der Waals surface area contributed by atoms with Crippen LogP contribution in [0.15, 0.2) is 24.3 Å². The molecule has 1 amide bonds. The summed E-state index contributed by atoms with van der Waals surface area (Å²) in [4.78, 5) is 11.8. The summed E-state index contributed by atoms with van der Waals surface area (Å²) in [5.74, 6) is -0.732. The minimum atomic E-state index is -0.897. The average molecular weight is 218 g/mol. The number of rotatable bonds is 2. The molecule has 1 aliphatic carbocycles. The third kappa shape index (κ3) is 1.76. The van der Waals surface area contributed by atoms with Gasteiger partial charge in [-0.1, -0.05) is 6.07 Å². The van der Waals surface area contributed by atoms with Crippen molar-refractivity contribution < 1.29 is 9.18 Å². The Labute approximate surface area is 92.9 Å². The molecule has 1 fully saturated rings. The summed E-state index contributed by atoms with van der Waals surface area (Å²) in [5, 5.41) is 11.5. The Hall–Kier alpha value is -1.89. The highest BCUT2D eigenvalue weighted by atomic mass is 19.1. The van der Waals surface area contributed by atoms with Gasteiger partial charge in [-0.15, -0.1) is 0 Å². The van der Waals surface area contributed by atoms with Crippen LogP contribution in [-0.4, -0.2) is 5.91 Å². The van der Waals surface area contributed by atoms with Gasteiger partial charge in [-0.25, -0.2) is 4.39 Å². The van der Waals surface area contributed by atoms with Gasteiger partial charge in [-0.3, -0.25) is 4.79 Å². The molecule has 3 nitrogen and oxygen atoms in total. The Morgan fingerprint density at radius 3 is 2.75 bits per heavy atom. The van der Waals surface area contributed by atoms with Gasteiger partial charge in [-0.2, -0.15) is 5.26 Å². The van der Waals surface area contributed by atoms with E-state index in [0.717, 1.165) is 6.42 Å². The van der Waals surface area contributed by atoms with Crippen LogP contribution in [0.25, 0.3) is 0 Å². The molecule has 2 rings (SSSR count). The van der Waals surface area contributed by atoms with Crippen molar-refractivity contribution >= 4 is 11.6 Å². The van der Waals surface area contributed by atoms with Crippen molar-refractivity contribution in [1.82, 2.24) is 0 Å². The first-order chi connectivity index (χ1) is 7.66. The quantitative estimate of drug-likeness (QED) is 0.828. The molecule has 0 unspecified atom stereocenters. The molecule has 0 bridgehead atoms. The summed E-state index contributed by atoms with van der Waals surface area (Å²) >= 11 is 0. The summed E-state index contributed by atoms with van der Waals surface area (Å²) in [6.45, 7) is 0. The Morgan fingerprint density at radius 1 is 1.50 bits per heavy atom. The van der Waals surface area contributed by atoms with Crippen molar-refractivity contribution in [3.8, 4) is 6.07 Å². The van der Waals surface area contributed by atoms with E-state index in [1.54, 1.807) is 6.07 Å². The maximum atomic E-state index is 12.9. The zero-order valence-electron chi connectivity index (χ0n) is 8.66. The van der Waals surface area contributed by atoms with Crippen LogP contribution in [-0.2, 0) is 4.79 Å². The van der Waals surface area contributed by atoms with E-state index in [2.05, 4.69) is 5.32 Å². The normalized spacial score (nSPS) is 17.0. The molecule has 0 heterocycles. The maximum absolute atomic E-state index is 12.9. The van der Waals surface area contributed by atoms with Gasteiger partial charge < -0.3 is 5.32 Å². The highest BCUT2D eigenvalue weighted by Gasteiger charge is 2.44. The molecular formula is C12H11FN2O. The van der Waals surface area contributed by atoms with Gasteiger partial charge in [0.05, 0.1) is 6.07 Å². The van der Waals surface area contributed by atoms with Crippen molar-refractivity contribution in [3.63, 3.8) is 0 Å². The van der Waals surface area contributed by atoms with Crippen LogP contribution >= 0.6 is 0 Å². The molecule has 0 aliphatic heterocycles. The van der Waals surface area contributed by atoms with Gasteiger partial charge in [-0.05, 0) is 37.5 Å². The van der Waals surface area contributed by atoms with Gasteiger partial charge in [0.1, 0.15) is 11.2 Å². The second kappa shape index (κ2) is 3.93. The fourth-order valence-corrected chi connectivity index (χ4v) is 1.74. The van der Waals surface area contributed by atoms with Crippen LogP contribution in [0.5, 0.6) is 0 Å². The van der Waals surface area contributed by atoms with Gasteiger partial charge in [0.2, 0.25) is 5.91 Å². The number of amides is 1.